The zero-order valence-corrected chi connectivity index (χ0v) is 13.9. The molecule has 1 aromatic heterocycles. The van der Waals surface area contributed by atoms with Crippen molar-refractivity contribution in [3.8, 4) is 11.1 Å². The van der Waals surface area contributed by atoms with Crippen LogP contribution in [0.15, 0.2) is 40.0 Å². The number of primary sulfonamides is 1. The van der Waals surface area contributed by atoms with Crippen LogP contribution in [0.25, 0.3) is 11.1 Å². The molecule has 124 valence electrons. The molecule has 1 heterocycles. The second kappa shape index (κ2) is 6.97. The quantitative estimate of drug-likeness (QED) is 0.597. The number of nitrogens with two attached hydrogens (primary N) is 1. The number of hydrogen-bond acceptors (Lipinski definition) is 5. The first-order chi connectivity index (χ1) is 10.8. The number of carbonyl (C=O) groups is 1. The number of anilines is 1. The number of sulfonamides is 1. The van der Waals surface area contributed by atoms with Gasteiger partial charge in [-0.1, -0.05) is 13.3 Å². The molecule has 2 rings (SSSR count). The standard InChI is InChI=1S/C16H20N2O4S/c1-3-4-6-18-14-8-13(11(2)19)9-15(23(17,20)21)16(14)12-5-7-22-10-12/h5,7-10,18H,3-4,6H2,1-2H3,(H2,17,20,21). The maximum absolute atomic E-state index is 12.0. The van der Waals surface area contributed by atoms with Gasteiger partial charge in [-0.25, -0.2) is 13.6 Å². The number of unbranched alkanes of at least 4 members (excludes halogenated alkanes) is 1. The first-order valence-corrected chi connectivity index (χ1v) is 8.87. The Morgan fingerprint density at radius 1 is 1.35 bits per heavy atom. The van der Waals surface area contributed by atoms with Crippen molar-refractivity contribution < 1.29 is 17.6 Å². The van der Waals surface area contributed by atoms with Crippen LogP contribution < -0.4 is 10.5 Å². The summed E-state index contributed by atoms with van der Waals surface area (Å²) in [6.07, 6.45) is 4.81. The molecule has 2 aromatic rings. The van der Waals surface area contributed by atoms with Crippen molar-refractivity contribution in [2.45, 2.75) is 31.6 Å². The third kappa shape index (κ3) is 4.00. The predicted octanol–water partition coefficient (Wildman–Crippen LogP) is 3.01. The first-order valence-electron chi connectivity index (χ1n) is 7.32. The minimum Gasteiger partial charge on any atom is -0.472 e. The van der Waals surface area contributed by atoms with Crippen LogP contribution in [0.2, 0.25) is 0 Å². The van der Waals surface area contributed by atoms with E-state index in [0.717, 1.165) is 12.8 Å². The van der Waals surface area contributed by atoms with Gasteiger partial charge in [-0.15, -0.1) is 0 Å². The van der Waals surface area contributed by atoms with Crippen molar-refractivity contribution in [2.75, 3.05) is 11.9 Å². The number of carbonyl (C=O) groups excluding carboxylic acids is 1. The molecule has 7 heteroatoms. The van der Waals surface area contributed by atoms with Gasteiger partial charge in [0.2, 0.25) is 10.0 Å². The third-order valence-electron chi connectivity index (χ3n) is 3.47. The summed E-state index contributed by atoms with van der Waals surface area (Å²) in [6, 6.07) is 4.61. The monoisotopic (exact) mass is 336 g/mol. The molecule has 1 aromatic carbocycles. The van der Waals surface area contributed by atoms with Crippen LogP contribution >= 0.6 is 0 Å². The largest absolute Gasteiger partial charge is 0.472 e. The summed E-state index contributed by atoms with van der Waals surface area (Å²) in [5.74, 6) is -0.229. The van der Waals surface area contributed by atoms with Crippen LogP contribution in [0.3, 0.4) is 0 Å². The molecule has 0 aliphatic heterocycles. The zero-order valence-electron chi connectivity index (χ0n) is 13.1. The van der Waals surface area contributed by atoms with Crippen molar-refractivity contribution in [3.63, 3.8) is 0 Å². The van der Waals surface area contributed by atoms with Gasteiger partial charge in [-0.3, -0.25) is 4.79 Å². The number of rotatable bonds is 7. The molecule has 0 saturated heterocycles. The van der Waals surface area contributed by atoms with Crippen molar-refractivity contribution in [1.29, 1.82) is 0 Å². The third-order valence-corrected chi connectivity index (χ3v) is 4.41. The normalized spacial score (nSPS) is 11.4. The van der Waals surface area contributed by atoms with E-state index < -0.39 is 10.0 Å². The van der Waals surface area contributed by atoms with E-state index in [0.29, 0.717) is 28.9 Å². The fraction of sp³-hybridized carbons (Fsp3) is 0.312. The Hall–Kier alpha value is -2.12. The van der Waals surface area contributed by atoms with Gasteiger partial charge >= 0.3 is 0 Å². The van der Waals surface area contributed by atoms with Crippen LogP contribution in [0.1, 0.15) is 37.0 Å². The van der Waals surface area contributed by atoms with Crippen molar-refractivity contribution in [2.24, 2.45) is 5.14 Å². The smallest absolute Gasteiger partial charge is 0.238 e. The molecule has 0 fully saturated rings. The molecular formula is C16H20N2O4S. The number of Topliss-reactive ketones (excluding diaryl/α,β-unsaturated/α-hetero) is 1. The van der Waals surface area contributed by atoms with E-state index in [1.807, 2.05) is 0 Å². The van der Waals surface area contributed by atoms with Crippen LogP contribution in [0.5, 0.6) is 0 Å². The molecule has 0 atom stereocenters. The van der Waals surface area contributed by atoms with Gasteiger partial charge in [0.1, 0.15) is 0 Å². The van der Waals surface area contributed by atoms with Crippen molar-refractivity contribution in [1.82, 2.24) is 0 Å². The van der Waals surface area contributed by atoms with E-state index in [4.69, 9.17) is 9.56 Å². The Labute approximate surface area is 135 Å². The number of benzene rings is 1. The van der Waals surface area contributed by atoms with Gasteiger partial charge in [0, 0.05) is 28.9 Å². The Kier molecular flexibility index (Phi) is 5.23. The molecule has 0 unspecified atom stereocenters. The van der Waals surface area contributed by atoms with E-state index in [2.05, 4.69) is 12.2 Å². The predicted molar refractivity (Wildman–Crippen MR) is 88.9 cm³/mol. The molecule has 23 heavy (non-hydrogen) atoms. The highest BCUT2D eigenvalue weighted by atomic mass is 32.2. The van der Waals surface area contributed by atoms with Gasteiger partial charge in [-0.05, 0) is 31.5 Å². The summed E-state index contributed by atoms with van der Waals surface area (Å²) in [6.45, 7) is 4.10. The Morgan fingerprint density at radius 2 is 2.09 bits per heavy atom. The van der Waals surface area contributed by atoms with Gasteiger partial charge in [0.05, 0.1) is 17.4 Å². The molecule has 0 aliphatic rings. The fourth-order valence-electron chi connectivity index (χ4n) is 2.29. The molecule has 0 aliphatic carbocycles. The Balaban J connectivity index is 2.70. The molecule has 0 spiro atoms. The van der Waals surface area contributed by atoms with Crippen LogP contribution in [-0.2, 0) is 10.0 Å². The summed E-state index contributed by atoms with van der Waals surface area (Å²) in [4.78, 5) is 11.6. The summed E-state index contributed by atoms with van der Waals surface area (Å²) >= 11 is 0. The Morgan fingerprint density at radius 3 is 2.61 bits per heavy atom. The van der Waals surface area contributed by atoms with Gasteiger partial charge in [-0.2, -0.15) is 0 Å². The summed E-state index contributed by atoms with van der Waals surface area (Å²) < 4.78 is 29.1. The number of furan rings is 1. The lowest BCUT2D eigenvalue weighted by Gasteiger charge is -2.16. The number of hydrogen-bond donors (Lipinski definition) is 2. The molecule has 0 radical (unpaired) electrons. The maximum Gasteiger partial charge on any atom is 0.238 e. The molecule has 0 bridgehead atoms. The van der Waals surface area contributed by atoms with Gasteiger partial charge in [0.25, 0.3) is 0 Å². The molecular weight excluding hydrogens is 316 g/mol. The highest BCUT2D eigenvalue weighted by molar-refractivity contribution is 7.89. The van der Waals surface area contributed by atoms with E-state index in [-0.39, 0.29) is 10.7 Å². The van der Waals surface area contributed by atoms with Crippen LogP contribution in [0.4, 0.5) is 5.69 Å². The summed E-state index contributed by atoms with van der Waals surface area (Å²) in [7, 11) is -4.00. The SMILES string of the molecule is CCCCNc1cc(C(C)=O)cc(S(N)(=O)=O)c1-c1ccoc1. The van der Waals surface area contributed by atoms with E-state index in [9.17, 15) is 13.2 Å². The van der Waals surface area contributed by atoms with Crippen molar-refractivity contribution >= 4 is 21.5 Å². The fourth-order valence-corrected chi connectivity index (χ4v) is 3.09. The first kappa shape index (κ1) is 17.2. The molecule has 6 nitrogen and oxygen atoms in total. The molecule has 3 N–H and O–H groups in total. The average molecular weight is 336 g/mol. The van der Waals surface area contributed by atoms with Crippen LogP contribution in [-0.4, -0.2) is 20.7 Å². The topological polar surface area (TPSA) is 102 Å². The van der Waals surface area contributed by atoms with E-state index >= 15 is 0 Å². The van der Waals surface area contributed by atoms with Gasteiger partial charge in [0.15, 0.2) is 5.78 Å². The van der Waals surface area contributed by atoms with Crippen LogP contribution in [0, 0.1) is 0 Å². The van der Waals surface area contributed by atoms with E-state index in [1.165, 1.54) is 25.5 Å². The minimum atomic E-state index is -4.00. The molecule has 0 amide bonds. The highest BCUT2D eigenvalue weighted by Gasteiger charge is 2.22. The number of nitrogens with one attached hydrogen (secondary N) is 1. The minimum absolute atomic E-state index is 0.0920. The highest BCUT2D eigenvalue weighted by Crippen LogP contribution is 2.36. The van der Waals surface area contributed by atoms with E-state index in [1.54, 1.807) is 12.1 Å². The second-order valence-electron chi connectivity index (χ2n) is 5.29. The lowest BCUT2D eigenvalue weighted by atomic mass is 10.0. The summed E-state index contributed by atoms with van der Waals surface area (Å²) in [5, 5.41) is 8.56. The van der Waals surface area contributed by atoms with Crippen molar-refractivity contribution in [3.05, 3.63) is 36.3 Å². The lowest BCUT2D eigenvalue weighted by Crippen LogP contribution is -2.16. The second-order valence-corrected chi connectivity index (χ2v) is 6.82. The maximum atomic E-state index is 12.0. The zero-order chi connectivity index (χ0) is 17.0. The van der Waals surface area contributed by atoms with Gasteiger partial charge < -0.3 is 9.73 Å². The lowest BCUT2D eigenvalue weighted by molar-refractivity contribution is 0.101. The average Bonchev–Trinajstić information content (AvgIpc) is 2.99. The number of ketones is 1. The summed E-state index contributed by atoms with van der Waals surface area (Å²) in [5.41, 5.74) is 1.85. The molecule has 0 saturated carbocycles. The Bertz CT molecular complexity index is 796.